The van der Waals surface area contributed by atoms with Crippen LogP contribution in [0.25, 0.3) is 0 Å². The Bertz CT molecular complexity index is 142. The van der Waals surface area contributed by atoms with Gasteiger partial charge in [0.05, 0.1) is 0 Å². The number of hydrogen-bond donors (Lipinski definition) is 0. The number of hydrogen-bond acceptors (Lipinski definition) is 2. The van der Waals surface area contributed by atoms with Gasteiger partial charge < -0.3 is 4.74 Å². The highest BCUT2D eigenvalue weighted by molar-refractivity contribution is 5.82. The van der Waals surface area contributed by atoms with Crippen LogP contribution in [0.4, 0.5) is 4.39 Å². The summed E-state index contributed by atoms with van der Waals surface area (Å²) in [7, 11) is 0. The van der Waals surface area contributed by atoms with Crippen LogP contribution in [0, 0.1) is 0 Å². The van der Waals surface area contributed by atoms with Crippen LogP contribution in [0.15, 0.2) is 12.2 Å². The summed E-state index contributed by atoms with van der Waals surface area (Å²) in [6, 6.07) is 0. The van der Waals surface area contributed by atoms with Crippen LogP contribution in [-0.4, -0.2) is 18.7 Å². The van der Waals surface area contributed by atoms with Gasteiger partial charge in [0.15, 0.2) is 0 Å². The predicted molar refractivity (Wildman–Crippen MR) is 29.6 cm³/mol. The van der Waals surface area contributed by atoms with Gasteiger partial charge >= 0.3 is 5.97 Å². The molecule has 1 atom stereocenters. The van der Waals surface area contributed by atoms with E-state index in [0.717, 1.165) is 0 Å². The monoisotopic (exact) mass is 130 g/mol. The fourth-order valence-electron chi connectivity index (χ4n) is 0.662. The summed E-state index contributed by atoms with van der Waals surface area (Å²) in [5.74, 6) is -0.441. The normalized spacial score (nSPS) is 25.9. The van der Waals surface area contributed by atoms with E-state index in [1.807, 2.05) is 0 Å². The molecule has 0 unspecified atom stereocenters. The number of alkyl halides is 1. The summed E-state index contributed by atoms with van der Waals surface area (Å²) in [6.07, 6.45) is 2.90. The Labute approximate surface area is 52.3 Å². The zero-order chi connectivity index (χ0) is 6.69. The second-order valence-corrected chi connectivity index (χ2v) is 1.85. The summed E-state index contributed by atoms with van der Waals surface area (Å²) < 4.78 is 16.3. The van der Waals surface area contributed by atoms with E-state index in [1.165, 1.54) is 6.08 Å². The fourth-order valence-corrected chi connectivity index (χ4v) is 0.662. The molecule has 1 aliphatic heterocycles. The molecule has 0 spiro atoms. The quantitative estimate of drug-likeness (QED) is 0.491. The third kappa shape index (κ3) is 1.52. The molecule has 0 amide bonds. The lowest BCUT2D eigenvalue weighted by Crippen LogP contribution is -2.21. The topological polar surface area (TPSA) is 26.3 Å². The predicted octanol–water partition coefficient (Wildman–Crippen LogP) is 0.828. The molecule has 0 aromatic rings. The van der Waals surface area contributed by atoms with E-state index < -0.39 is 18.7 Å². The minimum atomic E-state index is -0.587. The van der Waals surface area contributed by atoms with Gasteiger partial charge in [-0.15, -0.1) is 0 Å². The van der Waals surface area contributed by atoms with E-state index in [-0.39, 0.29) is 0 Å². The number of ether oxygens (including phenoxy) is 1. The number of carbonyl (C=O) groups is 1. The number of carbonyl (C=O) groups excluding carboxylic acids is 1. The van der Waals surface area contributed by atoms with Crippen molar-refractivity contribution in [2.45, 2.75) is 12.5 Å². The molecule has 0 saturated carbocycles. The molecule has 1 heterocycles. The Balaban J connectivity index is 2.47. The van der Waals surface area contributed by atoms with Crippen LogP contribution in [-0.2, 0) is 9.53 Å². The van der Waals surface area contributed by atoms with Gasteiger partial charge in [0.2, 0.25) is 0 Å². The van der Waals surface area contributed by atoms with Crippen molar-refractivity contribution < 1.29 is 13.9 Å². The lowest BCUT2D eigenvalue weighted by atomic mass is 10.2. The first-order chi connectivity index (χ1) is 4.33. The van der Waals surface area contributed by atoms with Crippen molar-refractivity contribution in [3.05, 3.63) is 12.2 Å². The Morgan fingerprint density at radius 3 is 3.11 bits per heavy atom. The zero-order valence-corrected chi connectivity index (χ0v) is 4.84. The molecule has 9 heavy (non-hydrogen) atoms. The van der Waals surface area contributed by atoms with Gasteiger partial charge in [-0.3, -0.25) is 0 Å². The Morgan fingerprint density at radius 2 is 2.67 bits per heavy atom. The Morgan fingerprint density at radius 1 is 1.89 bits per heavy atom. The third-order valence-corrected chi connectivity index (χ3v) is 1.11. The van der Waals surface area contributed by atoms with Gasteiger partial charge in [-0.05, 0) is 0 Å². The number of halogens is 1. The molecule has 0 aromatic heterocycles. The van der Waals surface area contributed by atoms with Crippen LogP contribution < -0.4 is 0 Å². The molecule has 0 fully saturated rings. The molecule has 1 rings (SSSR count). The van der Waals surface area contributed by atoms with Crippen molar-refractivity contribution >= 4 is 5.97 Å². The highest BCUT2D eigenvalue weighted by atomic mass is 19.1. The first kappa shape index (κ1) is 6.26. The van der Waals surface area contributed by atoms with Gasteiger partial charge in [0.25, 0.3) is 0 Å². The minimum absolute atomic E-state index is 0.441. The van der Waals surface area contributed by atoms with Crippen molar-refractivity contribution in [1.29, 1.82) is 0 Å². The molecule has 50 valence electrons. The fraction of sp³-hybridized carbons (Fsp3) is 0.500. The lowest BCUT2D eigenvalue weighted by molar-refractivity contribution is -0.144. The van der Waals surface area contributed by atoms with Gasteiger partial charge in [0, 0.05) is 12.5 Å². The average Bonchev–Trinajstić information content (AvgIpc) is 1.88. The van der Waals surface area contributed by atoms with E-state index in [0.29, 0.717) is 6.42 Å². The van der Waals surface area contributed by atoms with Crippen LogP contribution in [0.1, 0.15) is 6.42 Å². The first-order valence-corrected chi connectivity index (χ1v) is 2.76. The summed E-state index contributed by atoms with van der Waals surface area (Å²) >= 11 is 0. The Kier molecular flexibility index (Phi) is 1.82. The summed E-state index contributed by atoms with van der Waals surface area (Å²) in [5.41, 5.74) is 0. The van der Waals surface area contributed by atoms with Crippen LogP contribution in [0.3, 0.4) is 0 Å². The zero-order valence-electron chi connectivity index (χ0n) is 4.84. The van der Waals surface area contributed by atoms with Crippen LogP contribution in [0.2, 0.25) is 0 Å². The lowest BCUT2D eigenvalue weighted by Gasteiger charge is -2.13. The van der Waals surface area contributed by atoms with Gasteiger partial charge in [0.1, 0.15) is 12.8 Å². The smallest absolute Gasteiger partial charge is 0.330 e. The van der Waals surface area contributed by atoms with Gasteiger partial charge in [-0.1, -0.05) is 6.08 Å². The van der Waals surface area contributed by atoms with Crippen molar-refractivity contribution in [1.82, 2.24) is 0 Å². The molecule has 1 aliphatic rings. The molecule has 0 N–H and O–H groups in total. The number of cyclic esters (lactones) is 1. The largest absolute Gasteiger partial charge is 0.456 e. The molecular weight excluding hydrogens is 123 g/mol. The SMILES string of the molecule is O=C1C=CC[C@@H](CF)O1. The summed E-state index contributed by atoms with van der Waals surface area (Å²) in [4.78, 5) is 10.4. The molecule has 0 aliphatic carbocycles. The Hall–Kier alpha value is -0.860. The molecule has 3 heteroatoms. The van der Waals surface area contributed by atoms with Crippen molar-refractivity contribution in [2.24, 2.45) is 0 Å². The molecule has 2 nitrogen and oxygen atoms in total. The van der Waals surface area contributed by atoms with Crippen molar-refractivity contribution in [3.63, 3.8) is 0 Å². The number of esters is 1. The van der Waals surface area contributed by atoms with E-state index in [4.69, 9.17) is 0 Å². The third-order valence-electron chi connectivity index (χ3n) is 1.11. The maximum Gasteiger partial charge on any atom is 0.330 e. The minimum Gasteiger partial charge on any atom is -0.456 e. The second-order valence-electron chi connectivity index (χ2n) is 1.85. The highest BCUT2D eigenvalue weighted by Gasteiger charge is 2.14. The van der Waals surface area contributed by atoms with E-state index in [9.17, 15) is 9.18 Å². The summed E-state index contributed by atoms with van der Waals surface area (Å²) in [6.45, 7) is -0.587. The molecule has 0 aromatic carbocycles. The van der Waals surface area contributed by atoms with E-state index >= 15 is 0 Å². The first-order valence-electron chi connectivity index (χ1n) is 2.76. The van der Waals surface area contributed by atoms with Crippen LogP contribution in [0.5, 0.6) is 0 Å². The summed E-state index contributed by atoms with van der Waals surface area (Å²) in [5, 5.41) is 0. The molecular formula is C6H7FO2. The van der Waals surface area contributed by atoms with E-state index in [1.54, 1.807) is 6.08 Å². The van der Waals surface area contributed by atoms with Crippen molar-refractivity contribution in [2.75, 3.05) is 6.67 Å². The molecule has 0 radical (unpaired) electrons. The standard InChI is InChI=1S/C6H7FO2/c7-4-5-2-1-3-6(8)9-5/h1,3,5H,2,4H2/t5-/m0/s1. The number of rotatable bonds is 1. The maximum absolute atomic E-state index is 11.7. The van der Waals surface area contributed by atoms with Crippen LogP contribution >= 0.6 is 0 Å². The second kappa shape index (κ2) is 2.62. The molecule has 0 saturated heterocycles. The van der Waals surface area contributed by atoms with Gasteiger partial charge in [-0.2, -0.15) is 0 Å². The molecule has 0 bridgehead atoms. The highest BCUT2D eigenvalue weighted by Crippen LogP contribution is 2.06. The van der Waals surface area contributed by atoms with Crippen molar-refractivity contribution in [3.8, 4) is 0 Å². The van der Waals surface area contributed by atoms with Gasteiger partial charge in [-0.25, -0.2) is 9.18 Å². The van der Waals surface area contributed by atoms with E-state index in [2.05, 4.69) is 4.74 Å². The maximum atomic E-state index is 11.7. The average molecular weight is 130 g/mol.